The van der Waals surface area contributed by atoms with E-state index in [2.05, 4.69) is 16.0 Å². The topological polar surface area (TPSA) is 106 Å². The molecular formula is C20H21N3O5. The summed E-state index contributed by atoms with van der Waals surface area (Å²) >= 11 is 0. The number of carbonyl (C=O) groups excluding carboxylic acids is 3. The van der Waals surface area contributed by atoms with Crippen LogP contribution in [0.1, 0.15) is 19.8 Å². The van der Waals surface area contributed by atoms with E-state index in [4.69, 9.17) is 9.47 Å². The first kappa shape index (κ1) is 19.2. The molecule has 0 aromatic heterocycles. The van der Waals surface area contributed by atoms with Crippen LogP contribution in [-0.4, -0.2) is 30.5 Å². The van der Waals surface area contributed by atoms with Gasteiger partial charge in [-0.2, -0.15) is 0 Å². The molecule has 1 saturated heterocycles. The van der Waals surface area contributed by atoms with Crippen LogP contribution in [0.25, 0.3) is 0 Å². The Morgan fingerprint density at radius 1 is 1.00 bits per heavy atom. The van der Waals surface area contributed by atoms with E-state index in [0.29, 0.717) is 23.8 Å². The fourth-order valence-corrected chi connectivity index (χ4v) is 2.67. The van der Waals surface area contributed by atoms with Crippen LogP contribution < -0.4 is 25.4 Å². The molecule has 8 heteroatoms. The number of anilines is 1. The number of imide groups is 1. The second kappa shape index (κ2) is 8.90. The second-order valence-corrected chi connectivity index (χ2v) is 6.13. The Kier molecular flexibility index (Phi) is 6.11. The van der Waals surface area contributed by atoms with Crippen molar-refractivity contribution in [2.24, 2.45) is 0 Å². The molecule has 0 spiro atoms. The highest BCUT2D eigenvalue weighted by Gasteiger charge is 2.29. The maximum absolute atomic E-state index is 12.0. The zero-order chi connectivity index (χ0) is 19.9. The van der Waals surface area contributed by atoms with Crippen LogP contribution in [-0.2, 0) is 9.59 Å². The van der Waals surface area contributed by atoms with E-state index >= 15 is 0 Å². The Hall–Kier alpha value is -3.55. The van der Waals surface area contributed by atoms with Crippen LogP contribution in [0.5, 0.6) is 17.2 Å². The van der Waals surface area contributed by atoms with Crippen molar-refractivity contribution >= 4 is 23.5 Å². The van der Waals surface area contributed by atoms with Gasteiger partial charge in [-0.3, -0.25) is 14.9 Å². The Morgan fingerprint density at radius 3 is 2.18 bits per heavy atom. The molecule has 0 saturated carbocycles. The third kappa shape index (κ3) is 5.23. The molecule has 8 nitrogen and oxygen atoms in total. The lowest BCUT2D eigenvalue weighted by molar-refractivity contribution is -0.120. The highest BCUT2D eigenvalue weighted by Crippen LogP contribution is 2.25. The third-order valence-corrected chi connectivity index (χ3v) is 4.03. The van der Waals surface area contributed by atoms with Crippen molar-refractivity contribution in [3.05, 3.63) is 48.5 Å². The Balaban J connectivity index is 1.47. The molecule has 3 rings (SSSR count). The molecule has 2 aromatic rings. The largest absolute Gasteiger partial charge is 0.494 e. The number of ether oxygens (including phenoxy) is 2. The molecule has 0 bridgehead atoms. The monoisotopic (exact) mass is 383 g/mol. The van der Waals surface area contributed by atoms with Gasteiger partial charge in [0.15, 0.2) is 0 Å². The van der Waals surface area contributed by atoms with Crippen molar-refractivity contribution < 1.29 is 23.9 Å². The first-order valence-corrected chi connectivity index (χ1v) is 8.95. The summed E-state index contributed by atoms with van der Waals surface area (Å²) in [6.45, 7) is 2.53. The zero-order valence-electron chi connectivity index (χ0n) is 15.4. The molecule has 28 heavy (non-hydrogen) atoms. The predicted molar refractivity (Wildman–Crippen MR) is 102 cm³/mol. The number of hydrogen-bond donors (Lipinski definition) is 3. The van der Waals surface area contributed by atoms with Crippen LogP contribution in [0.15, 0.2) is 48.5 Å². The summed E-state index contributed by atoms with van der Waals surface area (Å²) in [5.74, 6) is 1.44. The van der Waals surface area contributed by atoms with Crippen LogP contribution >= 0.6 is 0 Å². The van der Waals surface area contributed by atoms with E-state index in [9.17, 15) is 14.4 Å². The van der Waals surface area contributed by atoms with Gasteiger partial charge >= 0.3 is 6.03 Å². The van der Waals surface area contributed by atoms with E-state index in [0.717, 1.165) is 5.75 Å². The number of urea groups is 1. The number of carbonyl (C=O) groups is 3. The molecule has 0 radical (unpaired) electrons. The molecule has 2 aromatic carbocycles. The average molecular weight is 383 g/mol. The van der Waals surface area contributed by atoms with E-state index in [1.807, 2.05) is 31.2 Å². The van der Waals surface area contributed by atoms with Gasteiger partial charge in [0.25, 0.3) is 5.91 Å². The molecule has 1 aliphatic heterocycles. The van der Waals surface area contributed by atoms with Gasteiger partial charge in [0, 0.05) is 12.1 Å². The molecule has 4 amide bonds. The average Bonchev–Trinajstić information content (AvgIpc) is 3.01. The molecule has 1 heterocycles. The molecule has 146 valence electrons. The predicted octanol–water partition coefficient (Wildman–Crippen LogP) is 2.80. The standard InChI is InChI=1S/C20H21N3O5/c1-2-27-14-7-9-16(10-8-14)28-15-5-3-13(4-6-15)21-18(24)12-11-17-19(25)23-20(26)22-17/h3-10,17H,2,11-12H2,1H3,(H,21,24)(H2,22,23,25,26)/t17-/m1/s1. The first-order valence-electron chi connectivity index (χ1n) is 8.95. The van der Waals surface area contributed by atoms with Gasteiger partial charge in [0.05, 0.1) is 6.61 Å². The number of nitrogens with one attached hydrogen (secondary N) is 3. The van der Waals surface area contributed by atoms with Crippen LogP contribution in [0.2, 0.25) is 0 Å². The maximum Gasteiger partial charge on any atom is 0.322 e. The second-order valence-electron chi connectivity index (χ2n) is 6.13. The van der Waals surface area contributed by atoms with Crippen LogP contribution in [0.4, 0.5) is 10.5 Å². The van der Waals surface area contributed by atoms with Crippen molar-refractivity contribution in [3.8, 4) is 17.2 Å². The van der Waals surface area contributed by atoms with Crippen molar-refractivity contribution in [3.63, 3.8) is 0 Å². The lowest BCUT2D eigenvalue weighted by atomic mass is 10.1. The minimum Gasteiger partial charge on any atom is -0.494 e. The first-order chi connectivity index (χ1) is 13.5. The highest BCUT2D eigenvalue weighted by atomic mass is 16.5. The Labute approximate surface area is 162 Å². The third-order valence-electron chi connectivity index (χ3n) is 4.03. The number of rotatable bonds is 8. The molecular weight excluding hydrogens is 362 g/mol. The zero-order valence-corrected chi connectivity index (χ0v) is 15.4. The fraction of sp³-hybridized carbons (Fsp3) is 0.250. The van der Waals surface area contributed by atoms with Gasteiger partial charge in [-0.25, -0.2) is 4.79 Å². The van der Waals surface area contributed by atoms with Crippen molar-refractivity contribution in [1.82, 2.24) is 10.6 Å². The normalized spacial score (nSPS) is 15.5. The number of amides is 4. The van der Waals surface area contributed by atoms with Crippen LogP contribution in [0.3, 0.4) is 0 Å². The van der Waals surface area contributed by atoms with E-state index in [1.165, 1.54) is 0 Å². The SMILES string of the molecule is CCOc1ccc(Oc2ccc(NC(=O)CC[C@H]3NC(=O)NC3=O)cc2)cc1. The number of benzene rings is 2. The summed E-state index contributed by atoms with van der Waals surface area (Å²) in [6.07, 6.45) is 0.352. The minimum atomic E-state index is -0.664. The van der Waals surface area contributed by atoms with E-state index in [1.54, 1.807) is 24.3 Å². The summed E-state index contributed by atoms with van der Waals surface area (Å²) < 4.78 is 11.1. The van der Waals surface area contributed by atoms with Crippen molar-refractivity contribution in [1.29, 1.82) is 0 Å². The summed E-state index contributed by atoms with van der Waals surface area (Å²) in [6, 6.07) is 13.1. The van der Waals surface area contributed by atoms with E-state index < -0.39 is 18.0 Å². The smallest absolute Gasteiger partial charge is 0.322 e. The van der Waals surface area contributed by atoms with E-state index in [-0.39, 0.29) is 18.7 Å². The van der Waals surface area contributed by atoms with Gasteiger partial charge < -0.3 is 20.1 Å². The molecule has 1 aliphatic rings. The molecule has 0 unspecified atom stereocenters. The summed E-state index contributed by atoms with van der Waals surface area (Å²) in [5, 5.41) is 7.34. The number of hydrogen-bond acceptors (Lipinski definition) is 5. The maximum atomic E-state index is 12.0. The summed E-state index contributed by atoms with van der Waals surface area (Å²) in [4.78, 5) is 34.5. The molecule has 3 N–H and O–H groups in total. The highest BCUT2D eigenvalue weighted by molar-refractivity contribution is 6.04. The van der Waals surface area contributed by atoms with Crippen LogP contribution in [0, 0.1) is 0 Å². The van der Waals surface area contributed by atoms with Gasteiger partial charge in [0.2, 0.25) is 5.91 Å². The van der Waals surface area contributed by atoms with Crippen molar-refractivity contribution in [2.45, 2.75) is 25.8 Å². The lowest BCUT2D eigenvalue weighted by Gasteiger charge is -2.10. The fourth-order valence-electron chi connectivity index (χ4n) is 2.67. The molecule has 0 aliphatic carbocycles. The molecule has 1 atom stereocenters. The van der Waals surface area contributed by atoms with Gasteiger partial charge in [0.1, 0.15) is 23.3 Å². The quantitative estimate of drug-likeness (QED) is 0.608. The van der Waals surface area contributed by atoms with Gasteiger partial charge in [-0.1, -0.05) is 0 Å². The minimum absolute atomic E-state index is 0.114. The van der Waals surface area contributed by atoms with Gasteiger partial charge in [-0.15, -0.1) is 0 Å². The Morgan fingerprint density at radius 2 is 1.61 bits per heavy atom. The summed E-state index contributed by atoms with van der Waals surface area (Å²) in [5.41, 5.74) is 0.615. The Bertz CT molecular complexity index is 849. The molecule has 1 fully saturated rings. The lowest BCUT2D eigenvalue weighted by Crippen LogP contribution is -2.30. The summed E-state index contributed by atoms with van der Waals surface area (Å²) in [7, 11) is 0. The van der Waals surface area contributed by atoms with Crippen molar-refractivity contribution in [2.75, 3.05) is 11.9 Å². The van der Waals surface area contributed by atoms with Gasteiger partial charge in [-0.05, 0) is 61.9 Å².